The van der Waals surface area contributed by atoms with E-state index in [4.69, 9.17) is 15.2 Å². The molecular formula is C14H20N2O5. The van der Waals surface area contributed by atoms with Crippen LogP contribution < -0.4 is 5.73 Å². The summed E-state index contributed by atoms with van der Waals surface area (Å²) in [7, 11) is 0. The third kappa shape index (κ3) is 3.84. The highest BCUT2D eigenvalue weighted by atomic mass is 16.5. The number of esters is 2. The fourth-order valence-electron chi connectivity index (χ4n) is 1.81. The summed E-state index contributed by atoms with van der Waals surface area (Å²) < 4.78 is 10.0. The lowest BCUT2D eigenvalue weighted by Gasteiger charge is -2.09. The molecule has 0 unspecified atom stereocenters. The molecule has 7 heteroatoms. The minimum atomic E-state index is -1.05. The maximum absolute atomic E-state index is 12.0. The van der Waals surface area contributed by atoms with Gasteiger partial charge in [0.15, 0.2) is 6.10 Å². The van der Waals surface area contributed by atoms with Crippen molar-refractivity contribution >= 4 is 17.8 Å². The molecular weight excluding hydrogens is 276 g/mol. The van der Waals surface area contributed by atoms with Crippen molar-refractivity contribution in [2.24, 2.45) is 5.73 Å². The van der Waals surface area contributed by atoms with E-state index < -0.39 is 23.9 Å². The van der Waals surface area contributed by atoms with Crippen molar-refractivity contribution in [3.05, 3.63) is 22.5 Å². The van der Waals surface area contributed by atoms with Crippen molar-refractivity contribution in [2.45, 2.75) is 46.8 Å². The van der Waals surface area contributed by atoms with Crippen LogP contribution in [-0.2, 0) is 14.3 Å². The molecule has 0 saturated carbocycles. The highest BCUT2D eigenvalue weighted by molar-refractivity contribution is 5.99. The van der Waals surface area contributed by atoms with E-state index in [0.717, 1.165) is 0 Å². The molecule has 0 aliphatic heterocycles. The number of H-pyrrole nitrogens is 1. The predicted octanol–water partition coefficient (Wildman–Crippen LogP) is 1.23. The third-order valence-corrected chi connectivity index (χ3v) is 2.87. The Labute approximate surface area is 122 Å². The number of carbonyl (C=O) groups excluding carboxylic acids is 3. The van der Waals surface area contributed by atoms with Crippen LogP contribution in [0, 0.1) is 13.8 Å². The second kappa shape index (κ2) is 6.43. The third-order valence-electron chi connectivity index (χ3n) is 2.87. The molecule has 0 aliphatic rings. The minimum absolute atomic E-state index is 0.108. The topological polar surface area (TPSA) is 111 Å². The molecule has 0 aliphatic carbocycles. The van der Waals surface area contributed by atoms with Gasteiger partial charge in [-0.1, -0.05) is 0 Å². The number of nitrogens with two attached hydrogens (primary N) is 1. The van der Waals surface area contributed by atoms with Crippen LogP contribution in [0.2, 0.25) is 0 Å². The predicted molar refractivity (Wildman–Crippen MR) is 74.9 cm³/mol. The normalized spacial score (nSPS) is 12.1. The SMILES string of the molecule is Cc1[nH]c(C(=O)O[C@H](C)C(N)=O)c(C)c1C(=O)OC(C)C. The zero-order valence-corrected chi connectivity index (χ0v) is 12.8. The Morgan fingerprint density at radius 1 is 1.05 bits per heavy atom. The summed E-state index contributed by atoms with van der Waals surface area (Å²) in [5.74, 6) is -2.01. The zero-order valence-electron chi connectivity index (χ0n) is 12.8. The lowest BCUT2D eigenvalue weighted by atomic mass is 10.1. The van der Waals surface area contributed by atoms with E-state index in [1.54, 1.807) is 27.7 Å². The van der Waals surface area contributed by atoms with E-state index >= 15 is 0 Å². The molecule has 7 nitrogen and oxygen atoms in total. The van der Waals surface area contributed by atoms with Gasteiger partial charge in [-0.05, 0) is 40.2 Å². The summed E-state index contributed by atoms with van der Waals surface area (Å²) >= 11 is 0. The van der Waals surface area contributed by atoms with E-state index in [9.17, 15) is 14.4 Å². The first kappa shape index (κ1) is 16.7. The monoisotopic (exact) mass is 296 g/mol. The summed E-state index contributed by atoms with van der Waals surface area (Å²) in [6.07, 6.45) is -1.32. The number of aromatic amines is 1. The molecule has 116 valence electrons. The number of ether oxygens (including phenoxy) is 2. The highest BCUT2D eigenvalue weighted by Crippen LogP contribution is 2.20. The number of carbonyl (C=O) groups is 3. The molecule has 3 N–H and O–H groups in total. The Morgan fingerprint density at radius 2 is 1.62 bits per heavy atom. The van der Waals surface area contributed by atoms with Crippen LogP contribution in [0.25, 0.3) is 0 Å². The van der Waals surface area contributed by atoms with E-state index in [0.29, 0.717) is 16.8 Å². The Balaban J connectivity index is 3.04. The van der Waals surface area contributed by atoms with Gasteiger partial charge in [0, 0.05) is 5.69 Å². The van der Waals surface area contributed by atoms with E-state index in [-0.39, 0.29) is 11.8 Å². The Morgan fingerprint density at radius 3 is 2.10 bits per heavy atom. The highest BCUT2D eigenvalue weighted by Gasteiger charge is 2.26. The summed E-state index contributed by atoms with van der Waals surface area (Å²) in [4.78, 5) is 37.7. The summed E-state index contributed by atoms with van der Waals surface area (Å²) in [6.45, 7) is 8.10. The lowest BCUT2D eigenvalue weighted by molar-refractivity contribution is -0.125. The van der Waals surface area contributed by atoms with Gasteiger partial charge in [0.2, 0.25) is 0 Å². The molecule has 1 aromatic heterocycles. The molecule has 0 spiro atoms. The van der Waals surface area contributed by atoms with E-state index in [1.165, 1.54) is 6.92 Å². The first-order valence-corrected chi connectivity index (χ1v) is 6.55. The first-order chi connectivity index (χ1) is 9.65. The minimum Gasteiger partial charge on any atom is -0.459 e. The van der Waals surface area contributed by atoms with Gasteiger partial charge in [-0.15, -0.1) is 0 Å². The zero-order chi connectivity index (χ0) is 16.3. The van der Waals surface area contributed by atoms with Crippen LogP contribution in [0.1, 0.15) is 52.9 Å². The van der Waals surface area contributed by atoms with Crippen molar-refractivity contribution in [3.8, 4) is 0 Å². The molecule has 1 rings (SSSR count). The summed E-state index contributed by atoms with van der Waals surface area (Å²) in [6, 6.07) is 0. The van der Waals surface area contributed by atoms with Gasteiger partial charge in [0.25, 0.3) is 5.91 Å². The van der Waals surface area contributed by atoms with Gasteiger partial charge >= 0.3 is 11.9 Å². The molecule has 0 bridgehead atoms. The van der Waals surface area contributed by atoms with Gasteiger partial charge in [0.1, 0.15) is 5.69 Å². The number of hydrogen-bond donors (Lipinski definition) is 2. The first-order valence-electron chi connectivity index (χ1n) is 6.55. The maximum atomic E-state index is 12.0. The van der Waals surface area contributed by atoms with Crippen LogP contribution in [0.4, 0.5) is 0 Å². The van der Waals surface area contributed by atoms with Crippen molar-refractivity contribution in [1.82, 2.24) is 4.98 Å². The van der Waals surface area contributed by atoms with Crippen LogP contribution in [0.15, 0.2) is 0 Å². The van der Waals surface area contributed by atoms with E-state index in [2.05, 4.69) is 4.98 Å². The van der Waals surface area contributed by atoms with Crippen LogP contribution in [0.5, 0.6) is 0 Å². The Bertz CT molecular complexity index is 574. The average molecular weight is 296 g/mol. The molecule has 0 saturated heterocycles. The lowest BCUT2D eigenvalue weighted by Crippen LogP contribution is -2.30. The van der Waals surface area contributed by atoms with Crippen LogP contribution in [-0.4, -0.2) is 35.0 Å². The van der Waals surface area contributed by atoms with Crippen molar-refractivity contribution in [3.63, 3.8) is 0 Å². The maximum Gasteiger partial charge on any atom is 0.355 e. The van der Waals surface area contributed by atoms with Crippen LogP contribution >= 0.6 is 0 Å². The van der Waals surface area contributed by atoms with Gasteiger partial charge in [-0.25, -0.2) is 9.59 Å². The quantitative estimate of drug-likeness (QED) is 0.794. The summed E-state index contributed by atoms with van der Waals surface area (Å²) in [5, 5.41) is 0. The van der Waals surface area contributed by atoms with Gasteiger partial charge in [-0.3, -0.25) is 4.79 Å². The molecule has 1 amide bonds. The van der Waals surface area contributed by atoms with E-state index in [1.807, 2.05) is 0 Å². The molecule has 0 aromatic carbocycles. The number of amides is 1. The smallest absolute Gasteiger partial charge is 0.355 e. The van der Waals surface area contributed by atoms with Gasteiger partial charge in [0.05, 0.1) is 11.7 Å². The van der Waals surface area contributed by atoms with Crippen molar-refractivity contribution in [1.29, 1.82) is 0 Å². The van der Waals surface area contributed by atoms with Crippen LogP contribution in [0.3, 0.4) is 0 Å². The number of rotatable bonds is 5. The fourth-order valence-corrected chi connectivity index (χ4v) is 1.81. The molecule has 1 aromatic rings. The second-order valence-electron chi connectivity index (χ2n) is 5.03. The molecule has 1 heterocycles. The molecule has 0 radical (unpaired) electrons. The Hall–Kier alpha value is -2.31. The molecule has 21 heavy (non-hydrogen) atoms. The second-order valence-corrected chi connectivity index (χ2v) is 5.03. The number of hydrogen-bond acceptors (Lipinski definition) is 5. The van der Waals surface area contributed by atoms with Crippen molar-refractivity contribution in [2.75, 3.05) is 0 Å². The van der Waals surface area contributed by atoms with Crippen molar-refractivity contribution < 1.29 is 23.9 Å². The number of aryl methyl sites for hydroxylation is 1. The van der Waals surface area contributed by atoms with Gasteiger partial charge in [-0.2, -0.15) is 0 Å². The fraction of sp³-hybridized carbons (Fsp3) is 0.500. The average Bonchev–Trinajstić information content (AvgIpc) is 2.63. The number of nitrogens with one attached hydrogen (secondary N) is 1. The number of primary amides is 1. The molecule has 1 atom stereocenters. The standard InChI is InChI=1S/C14H20N2O5/c1-6(2)20-13(18)10-7(3)11(16-8(10)4)14(19)21-9(5)12(15)17/h6,9,16H,1-5H3,(H2,15,17)/t9-/m1/s1. The number of aromatic nitrogens is 1. The largest absolute Gasteiger partial charge is 0.459 e. The summed E-state index contributed by atoms with van der Waals surface area (Å²) in [5.41, 5.74) is 6.35. The Kier molecular flexibility index (Phi) is 5.12. The van der Waals surface area contributed by atoms with Gasteiger partial charge < -0.3 is 20.2 Å². The molecule has 0 fully saturated rings.